The van der Waals surface area contributed by atoms with Crippen molar-refractivity contribution >= 4 is 45.5 Å². The number of aromatic nitrogens is 5. The molecule has 13 heteroatoms. The first kappa shape index (κ1) is 23.2. The molecule has 0 aliphatic carbocycles. The Hall–Kier alpha value is -4.52. The second kappa shape index (κ2) is 10.00. The summed E-state index contributed by atoms with van der Waals surface area (Å²) in [6.45, 7) is 0.759. The van der Waals surface area contributed by atoms with Crippen molar-refractivity contribution in [3.05, 3.63) is 87.1 Å². The number of carbonyl (C=O) groups is 1. The summed E-state index contributed by atoms with van der Waals surface area (Å²) in [6, 6.07) is 13.5. The Balaban J connectivity index is 1.18. The van der Waals surface area contributed by atoms with Crippen LogP contribution in [0, 0.1) is 10.1 Å². The lowest BCUT2D eigenvalue weighted by atomic mass is 10.2. The summed E-state index contributed by atoms with van der Waals surface area (Å²) in [4.78, 5) is 44.3. The van der Waals surface area contributed by atoms with E-state index in [4.69, 9.17) is 4.42 Å². The zero-order chi connectivity index (χ0) is 25.1. The van der Waals surface area contributed by atoms with Crippen LogP contribution in [-0.2, 0) is 17.9 Å². The van der Waals surface area contributed by atoms with Gasteiger partial charge in [-0.3, -0.25) is 24.3 Å². The molecule has 0 saturated carbocycles. The first-order chi connectivity index (χ1) is 17.5. The average molecular weight is 506 g/mol. The third-order valence-corrected chi connectivity index (χ3v) is 6.17. The number of hydrogen-bond acceptors (Lipinski definition) is 9. The summed E-state index contributed by atoms with van der Waals surface area (Å²) in [6.07, 6.45) is 2.82. The van der Waals surface area contributed by atoms with E-state index in [0.717, 1.165) is 5.52 Å². The van der Waals surface area contributed by atoms with Gasteiger partial charge in [-0.05, 0) is 17.7 Å². The van der Waals surface area contributed by atoms with E-state index < -0.39 is 4.92 Å². The molecule has 0 aliphatic rings. The number of thioether (sulfide) groups is 1. The van der Waals surface area contributed by atoms with E-state index in [9.17, 15) is 19.7 Å². The van der Waals surface area contributed by atoms with E-state index in [0.29, 0.717) is 40.5 Å². The Morgan fingerprint density at radius 1 is 1.19 bits per heavy atom. The zero-order valence-electron chi connectivity index (χ0n) is 18.7. The minimum atomic E-state index is -0.481. The molecule has 1 amide bonds. The molecule has 12 nitrogen and oxygen atoms in total. The van der Waals surface area contributed by atoms with E-state index in [1.54, 1.807) is 16.8 Å². The number of benzene rings is 2. The molecular formula is C23H19N7O5S. The van der Waals surface area contributed by atoms with Crippen LogP contribution in [0.2, 0.25) is 0 Å². The minimum absolute atomic E-state index is 0.0447. The first-order valence-electron chi connectivity index (χ1n) is 10.9. The molecule has 0 saturated heterocycles. The zero-order valence-corrected chi connectivity index (χ0v) is 19.6. The van der Waals surface area contributed by atoms with Crippen molar-refractivity contribution in [3.8, 4) is 0 Å². The number of para-hydroxylation sites is 2. The standard InChI is InChI=1S/C23H19N7O5S/c31-20(13-36-23-27-18-6-1-2-7-19(18)35-23)24-8-9-29-21-17(11-26-29)22(32)28(14-25-21)12-15-4-3-5-16(10-15)30(33)34/h1-7,10-11,14H,8-9,12-13H2,(H,24,31). The van der Waals surface area contributed by atoms with Crippen LogP contribution < -0.4 is 10.9 Å². The molecule has 1 N–H and O–H groups in total. The maximum atomic E-state index is 12.9. The number of nitro groups is 1. The molecule has 0 radical (unpaired) electrons. The minimum Gasteiger partial charge on any atom is -0.431 e. The topological polar surface area (TPSA) is 151 Å². The summed E-state index contributed by atoms with van der Waals surface area (Å²) < 4.78 is 8.51. The van der Waals surface area contributed by atoms with Crippen LogP contribution in [0.5, 0.6) is 0 Å². The van der Waals surface area contributed by atoms with E-state index >= 15 is 0 Å². The molecular weight excluding hydrogens is 486 g/mol. The number of nitrogens with one attached hydrogen (secondary N) is 1. The van der Waals surface area contributed by atoms with Crippen LogP contribution in [0.1, 0.15) is 5.56 Å². The van der Waals surface area contributed by atoms with Crippen LogP contribution in [0.4, 0.5) is 5.69 Å². The third-order valence-electron chi connectivity index (χ3n) is 5.34. The number of nitrogens with zero attached hydrogens (tertiary/aromatic N) is 6. The highest BCUT2D eigenvalue weighted by Gasteiger charge is 2.13. The summed E-state index contributed by atoms with van der Waals surface area (Å²) in [5.74, 6) is -0.0428. The summed E-state index contributed by atoms with van der Waals surface area (Å²) in [5.41, 5.74) is 2.06. The van der Waals surface area contributed by atoms with Gasteiger partial charge >= 0.3 is 0 Å². The Kier molecular flexibility index (Phi) is 6.45. The van der Waals surface area contributed by atoms with Gasteiger partial charge in [0.2, 0.25) is 5.91 Å². The van der Waals surface area contributed by atoms with Gasteiger partial charge in [0.15, 0.2) is 11.2 Å². The molecule has 3 heterocycles. The monoisotopic (exact) mass is 505 g/mol. The number of rotatable bonds is 9. The Bertz CT molecular complexity index is 1610. The van der Waals surface area contributed by atoms with Crippen LogP contribution in [-0.4, -0.2) is 47.4 Å². The molecule has 0 fully saturated rings. The van der Waals surface area contributed by atoms with Crippen molar-refractivity contribution in [3.63, 3.8) is 0 Å². The quantitative estimate of drug-likeness (QED) is 0.181. The van der Waals surface area contributed by atoms with Crippen molar-refractivity contribution in [1.29, 1.82) is 0 Å². The Morgan fingerprint density at radius 3 is 2.89 bits per heavy atom. The van der Waals surface area contributed by atoms with Crippen molar-refractivity contribution in [2.45, 2.75) is 18.3 Å². The second-order valence-electron chi connectivity index (χ2n) is 7.80. The number of amides is 1. The van der Waals surface area contributed by atoms with Gasteiger partial charge in [-0.25, -0.2) is 14.6 Å². The van der Waals surface area contributed by atoms with Crippen molar-refractivity contribution in [2.75, 3.05) is 12.3 Å². The average Bonchev–Trinajstić information content (AvgIpc) is 3.49. The van der Waals surface area contributed by atoms with Gasteiger partial charge in [0.1, 0.15) is 17.2 Å². The first-order valence-corrected chi connectivity index (χ1v) is 11.9. The Labute approximate surface area is 207 Å². The fourth-order valence-electron chi connectivity index (χ4n) is 3.63. The van der Waals surface area contributed by atoms with Gasteiger partial charge in [0, 0.05) is 18.7 Å². The molecule has 182 valence electrons. The molecule has 36 heavy (non-hydrogen) atoms. The van der Waals surface area contributed by atoms with Gasteiger partial charge in [-0.15, -0.1) is 0 Å². The molecule has 5 rings (SSSR count). The van der Waals surface area contributed by atoms with Gasteiger partial charge < -0.3 is 9.73 Å². The van der Waals surface area contributed by atoms with Gasteiger partial charge in [0.25, 0.3) is 16.5 Å². The SMILES string of the molecule is O=C(CSc1nc2ccccc2o1)NCCn1ncc2c(=O)n(Cc3cccc([N+](=O)[O-])c3)cnc21. The van der Waals surface area contributed by atoms with Crippen LogP contribution >= 0.6 is 11.8 Å². The summed E-state index contributed by atoms with van der Waals surface area (Å²) >= 11 is 1.21. The smallest absolute Gasteiger partial charge is 0.269 e. The summed E-state index contributed by atoms with van der Waals surface area (Å²) in [5, 5.41) is 18.8. The molecule has 3 aromatic heterocycles. The molecule has 0 bridgehead atoms. The number of fused-ring (bicyclic) bond motifs is 2. The normalized spacial score (nSPS) is 11.2. The maximum Gasteiger partial charge on any atom is 0.269 e. The Morgan fingerprint density at radius 2 is 2.06 bits per heavy atom. The lowest BCUT2D eigenvalue weighted by molar-refractivity contribution is -0.384. The molecule has 0 unspecified atom stereocenters. The van der Waals surface area contributed by atoms with E-state index in [2.05, 4.69) is 20.4 Å². The van der Waals surface area contributed by atoms with E-state index in [1.807, 2.05) is 24.3 Å². The third kappa shape index (κ3) is 4.95. The van der Waals surface area contributed by atoms with Crippen molar-refractivity contribution in [1.82, 2.24) is 29.6 Å². The van der Waals surface area contributed by atoms with Crippen LogP contribution in [0.25, 0.3) is 22.1 Å². The van der Waals surface area contributed by atoms with Gasteiger partial charge in [-0.1, -0.05) is 36.0 Å². The fraction of sp³-hybridized carbons (Fsp3) is 0.174. The van der Waals surface area contributed by atoms with Crippen LogP contribution in [0.3, 0.4) is 0 Å². The molecule has 2 aromatic carbocycles. The van der Waals surface area contributed by atoms with Crippen molar-refractivity contribution < 1.29 is 14.1 Å². The van der Waals surface area contributed by atoms with Crippen LogP contribution in [0.15, 0.2) is 75.5 Å². The van der Waals surface area contributed by atoms with Gasteiger partial charge in [0.05, 0.1) is 30.0 Å². The lowest BCUT2D eigenvalue weighted by Gasteiger charge is -2.07. The largest absolute Gasteiger partial charge is 0.431 e. The second-order valence-corrected chi connectivity index (χ2v) is 8.72. The predicted molar refractivity (Wildman–Crippen MR) is 132 cm³/mol. The number of carbonyl (C=O) groups excluding carboxylic acids is 1. The lowest BCUT2D eigenvalue weighted by Crippen LogP contribution is -2.29. The molecule has 5 aromatic rings. The highest BCUT2D eigenvalue weighted by molar-refractivity contribution is 7.99. The molecule has 0 aliphatic heterocycles. The van der Waals surface area contributed by atoms with Crippen molar-refractivity contribution in [2.24, 2.45) is 0 Å². The van der Waals surface area contributed by atoms with E-state index in [1.165, 1.54) is 41.0 Å². The molecule has 0 spiro atoms. The molecule has 0 atom stereocenters. The fourth-order valence-corrected chi connectivity index (χ4v) is 4.30. The highest BCUT2D eigenvalue weighted by atomic mass is 32.2. The van der Waals surface area contributed by atoms with Gasteiger partial charge in [-0.2, -0.15) is 5.10 Å². The number of hydrogen-bond donors (Lipinski definition) is 1. The number of oxazole rings is 1. The maximum absolute atomic E-state index is 12.9. The highest BCUT2D eigenvalue weighted by Crippen LogP contribution is 2.22. The number of nitro benzene ring substituents is 1. The summed E-state index contributed by atoms with van der Waals surface area (Å²) in [7, 11) is 0. The number of non-ortho nitro benzene ring substituents is 1. The van der Waals surface area contributed by atoms with E-state index in [-0.39, 0.29) is 29.5 Å². The predicted octanol–water partition coefficient (Wildman–Crippen LogP) is 2.60.